The van der Waals surface area contributed by atoms with E-state index in [1.165, 1.54) is 0 Å². The molecule has 0 bridgehead atoms. The van der Waals surface area contributed by atoms with Crippen LogP contribution in [0.25, 0.3) is 10.6 Å². The SMILES string of the molecule is O=C(Nc1nnc(-c2cccc(Br)c2)s1)C1CCCN1C(=O)c1cc(C(F)(F)F)cc(C(F)(F)F)c1. The molecule has 2 heterocycles. The number of carbonyl (C=O) groups is 2. The van der Waals surface area contributed by atoms with Crippen molar-refractivity contribution < 1.29 is 35.9 Å². The number of benzene rings is 2. The Morgan fingerprint density at radius 1 is 1.00 bits per heavy atom. The van der Waals surface area contributed by atoms with Gasteiger partial charge in [-0.05, 0) is 43.2 Å². The number of rotatable bonds is 4. The highest BCUT2D eigenvalue weighted by Crippen LogP contribution is 2.37. The number of anilines is 1. The highest BCUT2D eigenvalue weighted by Gasteiger charge is 2.40. The predicted molar refractivity (Wildman–Crippen MR) is 122 cm³/mol. The highest BCUT2D eigenvalue weighted by molar-refractivity contribution is 9.10. The fourth-order valence-electron chi connectivity index (χ4n) is 3.73. The van der Waals surface area contributed by atoms with Gasteiger partial charge in [-0.2, -0.15) is 26.3 Å². The number of hydrogen-bond acceptors (Lipinski definition) is 5. The second-order valence-electron chi connectivity index (χ2n) is 7.86. The Morgan fingerprint density at radius 3 is 2.28 bits per heavy atom. The third kappa shape index (κ3) is 5.69. The molecule has 1 N–H and O–H groups in total. The van der Waals surface area contributed by atoms with Crippen LogP contribution in [0.4, 0.5) is 31.5 Å². The Bertz CT molecular complexity index is 1280. The quantitative estimate of drug-likeness (QED) is 0.363. The van der Waals surface area contributed by atoms with Crippen LogP contribution in [0.5, 0.6) is 0 Å². The smallest absolute Gasteiger partial charge is 0.327 e. The largest absolute Gasteiger partial charge is 0.416 e. The van der Waals surface area contributed by atoms with Crippen LogP contribution in [0, 0.1) is 0 Å². The second kappa shape index (κ2) is 9.81. The normalized spacial score (nSPS) is 16.3. The number of carbonyl (C=O) groups excluding carboxylic acids is 2. The number of likely N-dealkylation sites (tertiary alicyclic amines) is 1. The maximum atomic E-state index is 13.2. The van der Waals surface area contributed by atoms with Gasteiger partial charge in [-0.25, -0.2) is 0 Å². The van der Waals surface area contributed by atoms with E-state index >= 15 is 0 Å². The van der Waals surface area contributed by atoms with Crippen LogP contribution in [0.3, 0.4) is 0 Å². The van der Waals surface area contributed by atoms with E-state index in [1.807, 2.05) is 6.07 Å². The van der Waals surface area contributed by atoms with Gasteiger partial charge in [-0.15, -0.1) is 10.2 Å². The lowest BCUT2D eigenvalue weighted by atomic mass is 10.0. The van der Waals surface area contributed by atoms with Crippen molar-refractivity contribution in [3.05, 3.63) is 63.6 Å². The molecule has 190 valence electrons. The molecule has 0 aliphatic carbocycles. The number of halogens is 7. The molecule has 2 amide bonds. The third-order valence-electron chi connectivity index (χ3n) is 5.38. The molecule has 0 saturated carbocycles. The summed E-state index contributed by atoms with van der Waals surface area (Å²) in [6, 6.07) is 6.77. The van der Waals surface area contributed by atoms with Crippen LogP contribution < -0.4 is 5.32 Å². The number of nitrogens with zero attached hydrogens (tertiary/aromatic N) is 3. The third-order valence-corrected chi connectivity index (χ3v) is 6.76. The highest BCUT2D eigenvalue weighted by atomic mass is 79.9. The molecule has 2 aromatic carbocycles. The average Bonchev–Trinajstić information content (AvgIpc) is 3.47. The van der Waals surface area contributed by atoms with Crippen molar-refractivity contribution in [3.8, 4) is 10.6 Å². The van der Waals surface area contributed by atoms with Gasteiger partial charge in [0.15, 0.2) is 0 Å². The molecule has 1 aliphatic rings. The van der Waals surface area contributed by atoms with Crippen LogP contribution >= 0.6 is 27.3 Å². The lowest BCUT2D eigenvalue weighted by Gasteiger charge is -2.24. The summed E-state index contributed by atoms with van der Waals surface area (Å²) < 4.78 is 80.0. The molecular formula is C22H15BrF6N4O2S. The summed E-state index contributed by atoms with van der Waals surface area (Å²) in [4.78, 5) is 26.8. The van der Waals surface area contributed by atoms with E-state index in [4.69, 9.17) is 0 Å². The molecule has 1 aliphatic heterocycles. The summed E-state index contributed by atoms with van der Waals surface area (Å²) in [6.45, 7) is -0.00602. The Balaban J connectivity index is 1.55. The van der Waals surface area contributed by atoms with Crippen molar-refractivity contribution in [1.82, 2.24) is 15.1 Å². The molecule has 1 saturated heterocycles. The molecule has 4 rings (SSSR count). The topological polar surface area (TPSA) is 75.2 Å². The summed E-state index contributed by atoms with van der Waals surface area (Å²) in [5, 5.41) is 11.1. The van der Waals surface area contributed by atoms with E-state index in [1.54, 1.807) is 18.2 Å². The molecule has 1 aromatic heterocycles. The monoisotopic (exact) mass is 592 g/mol. The standard InChI is InChI=1S/C22H15BrF6N4O2S/c23-15-4-1-3-11(9-15)18-31-32-20(36-18)30-17(34)16-5-2-6-33(16)19(35)12-7-13(21(24,25)26)10-14(8-12)22(27,28)29/h1,3-4,7-10,16H,2,5-6H2,(H,30,32,34). The van der Waals surface area contributed by atoms with Gasteiger partial charge in [0.25, 0.3) is 5.91 Å². The van der Waals surface area contributed by atoms with Gasteiger partial charge in [0.2, 0.25) is 11.0 Å². The zero-order valence-electron chi connectivity index (χ0n) is 18.0. The van der Waals surface area contributed by atoms with Crippen molar-refractivity contribution >= 4 is 44.2 Å². The zero-order chi connectivity index (χ0) is 26.3. The molecule has 0 spiro atoms. The summed E-state index contributed by atoms with van der Waals surface area (Å²) in [5.41, 5.74) is -3.26. The van der Waals surface area contributed by atoms with Gasteiger partial charge >= 0.3 is 12.4 Å². The van der Waals surface area contributed by atoms with Crippen molar-refractivity contribution in [3.63, 3.8) is 0 Å². The van der Waals surface area contributed by atoms with Gasteiger partial charge in [0, 0.05) is 22.1 Å². The Labute approximate surface area is 212 Å². The summed E-state index contributed by atoms with van der Waals surface area (Å²) >= 11 is 4.41. The minimum atomic E-state index is -5.10. The van der Waals surface area contributed by atoms with E-state index < -0.39 is 46.9 Å². The van der Waals surface area contributed by atoms with Gasteiger partial charge in [-0.1, -0.05) is 39.4 Å². The maximum Gasteiger partial charge on any atom is 0.416 e. The Kier molecular flexibility index (Phi) is 7.10. The zero-order valence-corrected chi connectivity index (χ0v) is 20.4. The number of alkyl halides is 6. The lowest BCUT2D eigenvalue weighted by Crippen LogP contribution is -2.43. The molecule has 14 heteroatoms. The molecular weight excluding hydrogens is 578 g/mol. The Hall–Kier alpha value is -3.00. The minimum absolute atomic E-state index is 0.00602. The number of hydrogen-bond donors (Lipinski definition) is 1. The van der Waals surface area contributed by atoms with Crippen LogP contribution in [0.2, 0.25) is 0 Å². The number of amides is 2. The average molecular weight is 593 g/mol. The summed E-state index contributed by atoms with van der Waals surface area (Å²) in [5.74, 6) is -1.77. The van der Waals surface area contributed by atoms with Crippen LogP contribution in [0.15, 0.2) is 46.9 Å². The van der Waals surface area contributed by atoms with E-state index in [0.29, 0.717) is 23.6 Å². The molecule has 1 fully saturated rings. The van der Waals surface area contributed by atoms with Gasteiger partial charge in [0.05, 0.1) is 11.1 Å². The van der Waals surface area contributed by atoms with E-state index in [0.717, 1.165) is 26.3 Å². The minimum Gasteiger partial charge on any atom is -0.327 e. The van der Waals surface area contributed by atoms with Crippen molar-refractivity contribution in [2.24, 2.45) is 0 Å². The van der Waals surface area contributed by atoms with E-state index in [2.05, 4.69) is 31.4 Å². The molecule has 3 aromatic rings. The lowest BCUT2D eigenvalue weighted by molar-refractivity contribution is -0.143. The van der Waals surface area contributed by atoms with Gasteiger partial charge < -0.3 is 4.90 Å². The molecule has 6 nitrogen and oxygen atoms in total. The molecule has 36 heavy (non-hydrogen) atoms. The van der Waals surface area contributed by atoms with Crippen LogP contribution in [-0.2, 0) is 17.1 Å². The molecule has 1 atom stereocenters. The van der Waals surface area contributed by atoms with E-state index in [-0.39, 0.29) is 24.2 Å². The summed E-state index contributed by atoms with van der Waals surface area (Å²) in [6.07, 6.45) is -9.67. The fourth-order valence-corrected chi connectivity index (χ4v) is 4.87. The van der Waals surface area contributed by atoms with Crippen molar-refractivity contribution in [2.45, 2.75) is 31.2 Å². The van der Waals surface area contributed by atoms with Gasteiger partial charge in [0.1, 0.15) is 11.0 Å². The first kappa shape index (κ1) is 26.1. The second-order valence-corrected chi connectivity index (χ2v) is 9.76. The predicted octanol–water partition coefficient (Wildman–Crippen LogP) is 6.25. The number of aromatic nitrogens is 2. The van der Waals surface area contributed by atoms with Crippen LogP contribution in [0.1, 0.15) is 34.3 Å². The van der Waals surface area contributed by atoms with Crippen LogP contribution in [-0.4, -0.2) is 39.5 Å². The van der Waals surface area contributed by atoms with Crippen molar-refractivity contribution in [2.75, 3.05) is 11.9 Å². The number of nitrogens with one attached hydrogen (secondary N) is 1. The Morgan fingerprint density at radius 2 is 1.67 bits per heavy atom. The first-order valence-corrected chi connectivity index (χ1v) is 11.9. The summed E-state index contributed by atoms with van der Waals surface area (Å²) in [7, 11) is 0. The van der Waals surface area contributed by atoms with Gasteiger partial charge in [-0.3, -0.25) is 14.9 Å². The maximum absolute atomic E-state index is 13.2. The van der Waals surface area contributed by atoms with Crippen molar-refractivity contribution in [1.29, 1.82) is 0 Å². The first-order chi connectivity index (χ1) is 16.8. The molecule has 1 unspecified atom stereocenters. The molecule has 0 radical (unpaired) electrons. The first-order valence-electron chi connectivity index (χ1n) is 10.3. The fraction of sp³-hybridized carbons (Fsp3) is 0.273. The van der Waals surface area contributed by atoms with E-state index in [9.17, 15) is 35.9 Å².